The number of hydrogen-bond donors (Lipinski definition) is 1. The van der Waals surface area contributed by atoms with Crippen LogP contribution in [0.4, 0.5) is 4.79 Å². The zero-order valence-electron chi connectivity index (χ0n) is 24.9. The highest BCUT2D eigenvalue weighted by molar-refractivity contribution is 5.94. The topological polar surface area (TPSA) is 101 Å². The highest BCUT2D eigenvalue weighted by Gasteiger charge is 2.36. The Kier molecular flexibility index (Phi) is 7.12. The third-order valence-electron chi connectivity index (χ3n) is 8.17. The van der Waals surface area contributed by atoms with Crippen LogP contribution >= 0.6 is 0 Å². The number of aryl methyl sites for hydroxylation is 1. The summed E-state index contributed by atoms with van der Waals surface area (Å²) in [5.41, 5.74) is 7.42. The van der Waals surface area contributed by atoms with Crippen LogP contribution in [0, 0.1) is 6.92 Å². The van der Waals surface area contributed by atoms with Gasteiger partial charge in [-0.2, -0.15) is 0 Å². The Morgan fingerprint density at radius 1 is 1.07 bits per heavy atom. The zero-order chi connectivity index (χ0) is 29.6. The Hall–Kier alpha value is -4.40. The molecule has 5 heterocycles. The molecule has 9 nitrogen and oxygen atoms in total. The summed E-state index contributed by atoms with van der Waals surface area (Å²) in [6.45, 7) is 9.43. The summed E-state index contributed by atoms with van der Waals surface area (Å²) in [5.74, 6) is 0.343. The Labute approximate surface area is 245 Å². The second-order valence-corrected chi connectivity index (χ2v) is 12.2. The van der Waals surface area contributed by atoms with E-state index in [1.807, 2.05) is 43.0 Å². The molecule has 0 bridgehead atoms. The van der Waals surface area contributed by atoms with Crippen LogP contribution < -0.4 is 4.74 Å². The molecule has 2 aliphatic rings. The molecule has 2 aliphatic heterocycles. The number of fused-ring (bicyclic) bond motifs is 2. The number of methoxy groups -OCH3 is 1. The van der Waals surface area contributed by atoms with Gasteiger partial charge in [0.1, 0.15) is 11.2 Å². The van der Waals surface area contributed by atoms with Crippen LogP contribution in [0.5, 0.6) is 5.88 Å². The van der Waals surface area contributed by atoms with Gasteiger partial charge >= 0.3 is 6.09 Å². The molecule has 4 aromatic rings. The molecule has 1 N–H and O–H groups in total. The first-order chi connectivity index (χ1) is 20.1. The molecule has 1 saturated heterocycles. The molecular formula is C33H37N5O4. The van der Waals surface area contributed by atoms with Crippen molar-refractivity contribution in [3.63, 3.8) is 0 Å². The molecule has 0 aliphatic carbocycles. The lowest BCUT2D eigenvalue weighted by Crippen LogP contribution is -2.39. The zero-order valence-corrected chi connectivity index (χ0v) is 24.9. The molecule has 6 rings (SSSR count). The van der Waals surface area contributed by atoms with Crippen molar-refractivity contribution in [2.75, 3.05) is 20.2 Å². The van der Waals surface area contributed by atoms with Crippen LogP contribution in [0.15, 0.2) is 48.9 Å². The van der Waals surface area contributed by atoms with E-state index in [1.54, 1.807) is 25.4 Å². The van der Waals surface area contributed by atoms with Crippen LogP contribution in [0.3, 0.4) is 0 Å². The third-order valence-corrected chi connectivity index (χ3v) is 8.17. The smallest absolute Gasteiger partial charge is 0.410 e. The van der Waals surface area contributed by atoms with E-state index in [-0.39, 0.29) is 18.0 Å². The van der Waals surface area contributed by atoms with Gasteiger partial charge in [0, 0.05) is 60.8 Å². The molecule has 1 fully saturated rings. The monoisotopic (exact) mass is 567 g/mol. The lowest BCUT2D eigenvalue weighted by Gasteiger charge is -2.35. The van der Waals surface area contributed by atoms with E-state index in [0.717, 1.165) is 51.7 Å². The van der Waals surface area contributed by atoms with Crippen molar-refractivity contribution in [3.8, 4) is 17.0 Å². The number of nitrogens with one attached hydrogen (secondary N) is 1. The number of aromatic nitrogens is 3. The summed E-state index contributed by atoms with van der Waals surface area (Å²) >= 11 is 0. The number of carbonyl (C=O) groups is 2. The Morgan fingerprint density at radius 3 is 2.69 bits per heavy atom. The fourth-order valence-electron chi connectivity index (χ4n) is 6.09. The number of amides is 2. The van der Waals surface area contributed by atoms with Crippen molar-refractivity contribution in [1.82, 2.24) is 24.8 Å². The second-order valence-electron chi connectivity index (χ2n) is 12.2. The molecule has 0 saturated carbocycles. The van der Waals surface area contributed by atoms with E-state index >= 15 is 0 Å². The van der Waals surface area contributed by atoms with E-state index in [9.17, 15) is 9.59 Å². The van der Waals surface area contributed by atoms with Crippen LogP contribution in [0.25, 0.3) is 22.2 Å². The Morgan fingerprint density at radius 2 is 1.90 bits per heavy atom. The van der Waals surface area contributed by atoms with Crippen molar-refractivity contribution in [3.05, 3.63) is 76.7 Å². The number of hydrogen-bond acceptors (Lipinski definition) is 6. The van der Waals surface area contributed by atoms with Gasteiger partial charge < -0.3 is 24.3 Å². The average Bonchev–Trinajstić information content (AvgIpc) is 3.62. The molecule has 9 heteroatoms. The van der Waals surface area contributed by atoms with Gasteiger partial charge in [0.05, 0.1) is 13.2 Å². The van der Waals surface area contributed by atoms with Gasteiger partial charge in [-0.15, -0.1) is 0 Å². The molecular weight excluding hydrogens is 530 g/mol. The SMILES string of the molecule is COc1cc(C(=O)N2CCc3cc(-c4cnc5[nH]cc(C)c5c4)cc([C@@H]4CCCN4C(=O)OC(C)(C)C)c3C2)ccn1. The molecule has 3 aromatic heterocycles. The van der Waals surface area contributed by atoms with Gasteiger partial charge in [-0.3, -0.25) is 4.79 Å². The predicted molar refractivity (Wildman–Crippen MR) is 160 cm³/mol. The average molecular weight is 568 g/mol. The maximum atomic E-state index is 13.6. The maximum absolute atomic E-state index is 13.6. The van der Waals surface area contributed by atoms with Crippen molar-refractivity contribution >= 4 is 23.0 Å². The lowest BCUT2D eigenvalue weighted by molar-refractivity contribution is 0.0222. The largest absolute Gasteiger partial charge is 0.481 e. The summed E-state index contributed by atoms with van der Waals surface area (Å²) in [6, 6.07) is 9.85. The van der Waals surface area contributed by atoms with E-state index in [2.05, 4.69) is 40.1 Å². The van der Waals surface area contributed by atoms with E-state index in [4.69, 9.17) is 9.47 Å². The molecule has 0 spiro atoms. The number of H-pyrrole nitrogens is 1. The predicted octanol–water partition coefficient (Wildman–Crippen LogP) is 6.21. The first-order valence-electron chi connectivity index (χ1n) is 14.5. The standard InChI is InChI=1S/C33H37N5O4/c1-20-17-35-30-25(20)15-24(18-36-30)23-13-21-9-12-37(31(39)22-8-10-34-29(16-22)41-5)19-27(21)26(14-23)28-7-6-11-38(28)32(40)42-33(2,3)4/h8,10,13-18,28H,6-7,9,11-12,19H2,1-5H3,(H,35,36)/t28-/m0/s1. The van der Waals surface area contributed by atoms with Gasteiger partial charge in [0.25, 0.3) is 5.91 Å². The van der Waals surface area contributed by atoms with Crippen LogP contribution in [-0.4, -0.2) is 62.6 Å². The van der Waals surface area contributed by atoms with E-state index in [0.29, 0.717) is 37.5 Å². The summed E-state index contributed by atoms with van der Waals surface area (Å²) < 4.78 is 11.1. The van der Waals surface area contributed by atoms with Gasteiger partial charge in [-0.25, -0.2) is 14.8 Å². The number of likely N-dealkylation sites (tertiary alicyclic amines) is 1. The van der Waals surface area contributed by atoms with Crippen molar-refractivity contribution < 1.29 is 19.1 Å². The molecule has 1 aromatic carbocycles. The first kappa shape index (κ1) is 27.8. The number of aromatic amines is 1. The number of carbonyl (C=O) groups excluding carboxylic acids is 2. The quantitative estimate of drug-likeness (QED) is 0.315. The Balaban J connectivity index is 1.42. The molecule has 2 amide bonds. The third kappa shape index (κ3) is 5.31. The molecule has 0 unspecified atom stereocenters. The van der Waals surface area contributed by atoms with E-state index < -0.39 is 5.60 Å². The van der Waals surface area contributed by atoms with Crippen LogP contribution in [0.2, 0.25) is 0 Å². The number of pyridine rings is 2. The summed E-state index contributed by atoms with van der Waals surface area (Å²) in [6.07, 6.45) is 7.60. The Bertz CT molecular complexity index is 1670. The number of ether oxygens (including phenoxy) is 2. The molecule has 0 radical (unpaired) electrons. The van der Waals surface area contributed by atoms with Crippen molar-refractivity contribution in [1.29, 1.82) is 0 Å². The van der Waals surface area contributed by atoms with Gasteiger partial charge in [-0.1, -0.05) is 6.07 Å². The minimum atomic E-state index is -0.587. The van der Waals surface area contributed by atoms with Gasteiger partial charge in [0.2, 0.25) is 5.88 Å². The number of nitrogens with zero attached hydrogens (tertiary/aromatic N) is 4. The highest BCUT2D eigenvalue weighted by atomic mass is 16.6. The highest BCUT2D eigenvalue weighted by Crippen LogP contribution is 2.40. The molecule has 42 heavy (non-hydrogen) atoms. The molecule has 1 atom stereocenters. The number of benzene rings is 1. The van der Waals surface area contributed by atoms with Crippen LogP contribution in [0.1, 0.15) is 72.3 Å². The minimum Gasteiger partial charge on any atom is -0.481 e. The minimum absolute atomic E-state index is 0.0654. The fraction of sp³-hybridized carbons (Fsp3) is 0.394. The van der Waals surface area contributed by atoms with Crippen molar-refractivity contribution in [2.45, 2.75) is 65.1 Å². The molecule has 218 valence electrons. The first-order valence-corrected chi connectivity index (χ1v) is 14.5. The summed E-state index contributed by atoms with van der Waals surface area (Å²) in [4.78, 5) is 42.7. The maximum Gasteiger partial charge on any atom is 0.410 e. The lowest BCUT2D eigenvalue weighted by atomic mass is 9.86. The number of rotatable bonds is 4. The van der Waals surface area contributed by atoms with Crippen LogP contribution in [-0.2, 0) is 17.7 Å². The van der Waals surface area contributed by atoms with E-state index in [1.165, 1.54) is 5.56 Å². The summed E-state index contributed by atoms with van der Waals surface area (Å²) in [5, 5.41) is 1.09. The van der Waals surface area contributed by atoms with Gasteiger partial charge in [-0.05, 0) is 93.0 Å². The van der Waals surface area contributed by atoms with Crippen molar-refractivity contribution in [2.24, 2.45) is 0 Å². The fourth-order valence-corrected chi connectivity index (χ4v) is 6.09. The van der Waals surface area contributed by atoms with Gasteiger partial charge in [0.15, 0.2) is 0 Å². The second kappa shape index (κ2) is 10.8. The normalized spacial score (nSPS) is 16.9. The summed E-state index contributed by atoms with van der Waals surface area (Å²) in [7, 11) is 1.54.